The van der Waals surface area contributed by atoms with Crippen molar-refractivity contribution in [2.24, 2.45) is 0 Å². The number of nitrogens with zero attached hydrogens (tertiary/aromatic N) is 3. The molecule has 0 unspecified atom stereocenters. The van der Waals surface area contributed by atoms with Crippen LogP contribution in [0.5, 0.6) is 11.5 Å². The van der Waals surface area contributed by atoms with E-state index in [0.29, 0.717) is 49.1 Å². The Hall–Kier alpha value is -4.09. The molecule has 33 heavy (non-hydrogen) atoms. The smallest absolute Gasteiger partial charge is 0.266 e. The zero-order chi connectivity index (χ0) is 23.2. The van der Waals surface area contributed by atoms with Gasteiger partial charge in [-0.15, -0.1) is 0 Å². The van der Waals surface area contributed by atoms with Crippen LogP contribution in [0.15, 0.2) is 54.1 Å². The van der Waals surface area contributed by atoms with Gasteiger partial charge in [-0.1, -0.05) is 18.2 Å². The minimum absolute atomic E-state index is 0.0311. The van der Waals surface area contributed by atoms with E-state index in [9.17, 15) is 10.1 Å². The second-order valence-electron chi connectivity index (χ2n) is 7.39. The number of rotatable bonds is 6. The summed E-state index contributed by atoms with van der Waals surface area (Å²) in [7, 11) is 3.06. The van der Waals surface area contributed by atoms with Crippen LogP contribution in [-0.2, 0) is 9.53 Å². The van der Waals surface area contributed by atoms with E-state index in [4.69, 9.17) is 19.2 Å². The van der Waals surface area contributed by atoms with Crippen LogP contribution >= 0.6 is 0 Å². The van der Waals surface area contributed by atoms with Gasteiger partial charge in [-0.05, 0) is 30.3 Å². The fraction of sp³-hybridized carbons (Fsp3) is 0.240. The number of carbonyl (C=O) groups excluding carboxylic acids is 1. The van der Waals surface area contributed by atoms with Gasteiger partial charge in [0.25, 0.3) is 5.91 Å². The molecular weight excluding hydrogens is 420 g/mol. The van der Waals surface area contributed by atoms with Crippen molar-refractivity contribution >= 4 is 34.4 Å². The lowest BCUT2D eigenvalue weighted by Crippen LogP contribution is -2.37. The second kappa shape index (κ2) is 10.0. The van der Waals surface area contributed by atoms with Crippen LogP contribution in [0.2, 0.25) is 0 Å². The first-order chi connectivity index (χ1) is 16.1. The Morgan fingerprint density at radius 3 is 2.61 bits per heavy atom. The zero-order valence-corrected chi connectivity index (χ0v) is 18.5. The minimum Gasteiger partial charge on any atom is -0.493 e. The van der Waals surface area contributed by atoms with Crippen LogP contribution in [0.4, 0.5) is 11.5 Å². The number of fused-ring (bicyclic) bond motifs is 1. The summed E-state index contributed by atoms with van der Waals surface area (Å²) in [6, 6.07) is 16.8. The van der Waals surface area contributed by atoms with Gasteiger partial charge in [0.05, 0.1) is 33.0 Å². The Bertz CT molecular complexity index is 1240. The summed E-state index contributed by atoms with van der Waals surface area (Å²) in [4.78, 5) is 19.9. The lowest BCUT2D eigenvalue weighted by atomic mass is 10.1. The number of para-hydroxylation sites is 1. The average Bonchev–Trinajstić information content (AvgIpc) is 2.87. The third-order valence-corrected chi connectivity index (χ3v) is 5.35. The van der Waals surface area contributed by atoms with Crippen LogP contribution in [0.1, 0.15) is 5.56 Å². The molecule has 0 atom stereocenters. The van der Waals surface area contributed by atoms with Crippen LogP contribution in [0, 0.1) is 11.3 Å². The van der Waals surface area contributed by atoms with Crippen molar-refractivity contribution in [2.75, 3.05) is 50.7 Å². The van der Waals surface area contributed by atoms with Gasteiger partial charge in [0.15, 0.2) is 11.5 Å². The highest BCUT2D eigenvalue weighted by molar-refractivity contribution is 6.10. The zero-order valence-electron chi connectivity index (χ0n) is 18.5. The number of carbonyl (C=O) groups is 1. The first-order valence-electron chi connectivity index (χ1n) is 10.5. The minimum atomic E-state index is -0.522. The van der Waals surface area contributed by atoms with E-state index in [-0.39, 0.29) is 5.57 Å². The Labute approximate surface area is 192 Å². The maximum absolute atomic E-state index is 12.9. The molecule has 2 heterocycles. The summed E-state index contributed by atoms with van der Waals surface area (Å²) >= 11 is 0. The highest BCUT2D eigenvalue weighted by Crippen LogP contribution is 2.30. The molecule has 168 valence electrons. The molecule has 1 amide bonds. The Morgan fingerprint density at radius 2 is 1.88 bits per heavy atom. The van der Waals surface area contributed by atoms with Crippen molar-refractivity contribution in [1.82, 2.24) is 4.98 Å². The van der Waals surface area contributed by atoms with Crippen molar-refractivity contribution in [3.8, 4) is 17.6 Å². The molecule has 0 saturated carbocycles. The molecular formula is C25H24N4O4. The van der Waals surface area contributed by atoms with Crippen LogP contribution in [0.3, 0.4) is 0 Å². The molecule has 1 fully saturated rings. The van der Waals surface area contributed by atoms with E-state index < -0.39 is 5.91 Å². The fourth-order valence-corrected chi connectivity index (χ4v) is 3.67. The number of pyridine rings is 1. The van der Waals surface area contributed by atoms with E-state index in [1.165, 1.54) is 14.2 Å². The molecule has 8 heteroatoms. The SMILES string of the molecule is COc1ccc(NC(=O)C(C#N)=Cc2cc3ccccc3nc2N2CCOCC2)cc1OC. The molecule has 8 nitrogen and oxygen atoms in total. The Kier molecular flexibility index (Phi) is 6.72. The molecule has 0 spiro atoms. The molecule has 3 aromatic rings. The van der Waals surface area contributed by atoms with Crippen molar-refractivity contribution in [3.63, 3.8) is 0 Å². The van der Waals surface area contributed by atoms with Crippen LogP contribution < -0.4 is 19.7 Å². The summed E-state index contributed by atoms with van der Waals surface area (Å²) in [5.74, 6) is 1.23. The van der Waals surface area contributed by atoms with Crippen LogP contribution in [-0.4, -0.2) is 51.4 Å². The highest BCUT2D eigenvalue weighted by atomic mass is 16.5. The predicted octanol–water partition coefficient (Wildman–Crippen LogP) is 3.63. The number of aromatic nitrogens is 1. The van der Waals surface area contributed by atoms with Gasteiger partial charge >= 0.3 is 0 Å². The third-order valence-electron chi connectivity index (χ3n) is 5.35. The number of methoxy groups -OCH3 is 2. The average molecular weight is 444 g/mol. The van der Waals surface area contributed by atoms with E-state index in [1.54, 1.807) is 24.3 Å². The Morgan fingerprint density at radius 1 is 1.12 bits per heavy atom. The fourth-order valence-electron chi connectivity index (χ4n) is 3.67. The van der Waals surface area contributed by atoms with Crippen molar-refractivity contribution in [2.45, 2.75) is 0 Å². The summed E-state index contributed by atoms with van der Waals surface area (Å²) in [6.45, 7) is 2.57. The number of anilines is 2. The number of nitrogens with one attached hydrogen (secondary N) is 1. The third kappa shape index (κ3) is 4.89. The first kappa shape index (κ1) is 22.1. The molecule has 1 aromatic heterocycles. The maximum Gasteiger partial charge on any atom is 0.266 e. The summed E-state index contributed by atoms with van der Waals surface area (Å²) in [6.07, 6.45) is 1.58. The molecule has 0 radical (unpaired) electrons. The van der Waals surface area contributed by atoms with Crippen molar-refractivity contribution in [1.29, 1.82) is 5.26 Å². The molecule has 0 bridgehead atoms. The van der Waals surface area contributed by atoms with E-state index in [0.717, 1.165) is 16.7 Å². The molecule has 1 aliphatic rings. The molecule has 1 saturated heterocycles. The number of morpholine rings is 1. The molecule has 2 aromatic carbocycles. The van der Waals surface area contributed by atoms with E-state index >= 15 is 0 Å². The number of hydrogen-bond acceptors (Lipinski definition) is 7. The van der Waals surface area contributed by atoms with Gasteiger partial charge in [-0.25, -0.2) is 4.98 Å². The quantitative estimate of drug-likeness (QED) is 0.458. The predicted molar refractivity (Wildman–Crippen MR) is 127 cm³/mol. The van der Waals surface area contributed by atoms with E-state index in [2.05, 4.69) is 10.2 Å². The molecule has 4 rings (SSSR count). The number of ether oxygens (including phenoxy) is 3. The van der Waals surface area contributed by atoms with Gasteiger partial charge in [-0.2, -0.15) is 5.26 Å². The highest BCUT2D eigenvalue weighted by Gasteiger charge is 2.19. The first-order valence-corrected chi connectivity index (χ1v) is 10.5. The monoisotopic (exact) mass is 444 g/mol. The van der Waals surface area contributed by atoms with Gasteiger partial charge in [-0.3, -0.25) is 4.79 Å². The van der Waals surface area contributed by atoms with E-state index in [1.807, 2.05) is 36.4 Å². The lowest BCUT2D eigenvalue weighted by Gasteiger charge is -2.29. The van der Waals surface area contributed by atoms with Gasteiger partial charge in [0.2, 0.25) is 0 Å². The van der Waals surface area contributed by atoms with Gasteiger partial charge in [0, 0.05) is 35.8 Å². The topological polar surface area (TPSA) is 96.7 Å². The number of amides is 1. The second-order valence-corrected chi connectivity index (χ2v) is 7.39. The Balaban J connectivity index is 1.69. The van der Waals surface area contributed by atoms with Crippen molar-refractivity contribution < 1.29 is 19.0 Å². The maximum atomic E-state index is 12.9. The standard InChI is InChI=1S/C25H24N4O4/c1-31-22-8-7-20(15-23(22)32-2)27-25(30)19(16-26)14-18-13-17-5-3-4-6-21(17)28-24(18)29-9-11-33-12-10-29/h3-8,13-15H,9-12H2,1-2H3,(H,27,30). The summed E-state index contributed by atoms with van der Waals surface area (Å²) < 4.78 is 16.0. The number of hydrogen-bond donors (Lipinski definition) is 1. The van der Waals surface area contributed by atoms with Gasteiger partial charge in [0.1, 0.15) is 17.5 Å². The van der Waals surface area contributed by atoms with Gasteiger partial charge < -0.3 is 24.4 Å². The summed E-state index contributed by atoms with van der Waals surface area (Å²) in [5.41, 5.74) is 2.01. The molecule has 1 N–H and O–H groups in total. The molecule has 0 aliphatic carbocycles. The van der Waals surface area contributed by atoms with Crippen LogP contribution in [0.25, 0.3) is 17.0 Å². The summed E-state index contributed by atoms with van der Waals surface area (Å²) in [5, 5.41) is 13.4. The number of benzene rings is 2. The number of nitriles is 1. The largest absolute Gasteiger partial charge is 0.493 e. The lowest BCUT2D eigenvalue weighted by molar-refractivity contribution is -0.112. The molecule has 1 aliphatic heterocycles. The normalized spacial score (nSPS) is 14.0. The van der Waals surface area contributed by atoms with Crippen molar-refractivity contribution in [3.05, 3.63) is 59.7 Å².